The van der Waals surface area contributed by atoms with Crippen LogP contribution in [0.5, 0.6) is 0 Å². The van der Waals surface area contributed by atoms with Gasteiger partial charge in [0.05, 0.1) is 11.4 Å². The summed E-state index contributed by atoms with van der Waals surface area (Å²) in [4.78, 5) is 4.56. The number of sulfonamides is 1. The Bertz CT molecular complexity index is 520. The first-order valence-electron chi connectivity index (χ1n) is 4.61. The predicted octanol–water partition coefficient (Wildman–Crippen LogP) is 1.24. The van der Waals surface area contributed by atoms with E-state index in [4.69, 9.17) is 0 Å². The molecule has 5 heteroatoms. The van der Waals surface area contributed by atoms with Crippen molar-refractivity contribution in [2.24, 2.45) is 4.99 Å². The lowest BCUT2D eigenvalue weighted by molar-refractivity contribution is 0.552. The molecule has 1 heterocycles. The topological polar surface area (TPSA) is 49.7 Å². The summed E-state index contributed by atoms with van der Waals surface area (Å²) in [5, 5.41) is 0. The van der Waals surface area contributed by atoms with Gasteiger partial charge in [-0.05, 0) is 18.6 Å². The molecule has 0 N–H and O–H groups in total. The molecular formula is C10H12N2O2S. The summed E-state index contributed by atoms with van der Waals surface area (Å²) < 4.78 is 25.4. The second-order valence-electron chi connectivity index (χ2n) is 3.44. The van der Waals surface area contributed by atoms with Crippen LogP contribution in [0.2, 0.25) is 0 Å². The molecule has 0 fully saturated rings. The molecule has 0 saturated heterocycles. The van der Waals surface area contributed by atoms with Gasteiger partial charge in [-0.3, -0.25) is 9.30 Å². The fourth-order valence-corrected chi connectivity index (χ4v) is 2.92. The molecule has 1 aromatic rings. The minimum atomic E-state index is -3.40. The van der Waals surface area contributed by atoms with Crippen molar-refractivity contribution in [1.29, 1.82) is 0 Å². The zero-order valence-electron chi connectivity index (χ0n) is 8.64. The fraction of sp³-hybridized carbons (Fsp3) is 0.300. The summed E-state index contributed by atoms with van der Waals surface area (Å²) >= 11 is 0. The number of benzene rings is 1. The van der Waals surface area contributed by atoms with E-state index in [9.17, 15) is 8.42 Å². The van der Waals surface area contributed by atoms with E-state index < -0.39 is 10.0 Å². The fourth-order valence-electron chi connectivity index (χ4n) is 1.51. The maximum Gasteiger partial charge on any atom is 0.265 e. The van der Waals surface area contributed by atoms with Gasteiger partial charge in [0.1, 0.15) is 5.84 Å². The van der Waals surface area contributed by atoms with Crippen molar-refractivity contribution in [2.45, 2.75) is 18.4 Å². The van der Waals surface area contributed by atoms with Crippen LogP contribution in [0.4, 0.5) is 0 Å². The van der Waals surface area contributed by atoms with Gasteiger partial charge in [-0.15, -0.1) is 0 Å². The molecule has 0 bridgehead atoms. The van der Waals surface area contributed by atoms with E-state index >= 15 is 0 Å². The summed E-state index contributed by atoms with van der Waals surface area (Å²) in [6.07, 6.45) is 0. The number of rotatable bonds is 0. The average molecular weight is 224 g/mol. The summed E-state index contributed by atoms with van der Waals surface area (Å²) in [5.41, 5.74) is 0.751. The highest BCUT2D eigenvalue weighted by molar-refractivity contribution is 7.89. The van der Waals surface area contributed by atoms with E-state index in [1.165, 1.54) is 11.4 Å². The summed E-state index contributed by atoms with van der Waals surface area (Å²) in [7, 11) is -1.88. The largest absolute Gasteiger partial charge is 0.267 e. The molecule has 1 aliphatic heterocycles. The SMILES string of the molecule is CC1=NCc2ccccc2S(=O)(=O)N1C. The number of nitrogens with zero attached hydrogens (tertiary/aromatic N) is 2. The third-order valence-electron chi connectivity index (χ3n) is 2.54. The highest BCUT2D eigenvalue weighted by atomic mass is 32.2. The Hall–Kier alpha value is -1.36. The Balaban J connectivity index is 2.71. The summed E-state index contributed by atoms with van der Waals surface area (Å²) in [5.74, 6) is 0.520. The molecule has 4 nitrogen and oxygen atoms in total. The van der Waals surface area contributed by atoms with Gasteiger partial charge in [-0.2, -0.15) is 0 Å². The predicted molar refractivity (Wildman–Crippen MR) is 58.2 cm³/mol. The Morgan fingerprint density at radius 2 is 2.00 bits per heavy atom. The monoisotopic (exact) mass is 224 g/mol. The number of fused-ring (bicyclic) bond motifs is 1. The molecule has 80 valence electrons. The third-order valence-corrected chi connectivity index (χ3v) is 4.48. The minimum absolute atomic E-state index is 0.355. The molecule has 0 aromatic heterocycles. The van der Waals surface area contributed by atoms with E-state index in [-0.39, 0.29) is 0 Å². The second-order valence-corrected chi connectivity index (χ2v) is 5.38. The molecule has 0 radical (unpaired) electrons. The van der Waals surface area contributed by atoms with Crippen molar-refractivity contribution in [3.63, 3.8) is 0 Å². The van der Waals surface area contributed by atoms with Gasteiger partial charge >= 0.3 is 0 Å². The van der Waals surface area contributed by atoms with Crippen LogP contribution in [0.1, 0.15) is 12.5 Å². The quantitative estimate of drug-likeness (QED) is 0.665. The second kappa shape index (κ2) is 3.34. The standard InChI is InChI=1S/C10H12N2O2S/c1-8-11-7-9-5-3-4-6-10(9)15(13,14)12(8)2/h3-6H,7H2,1-2H3. The van der Waals surface area contributed by atoms with E-state index in [0.717, 1.165) is 5.56 Å². The lowest BCUT2D eigenvalue weighted by Gasteiger charge is -2.16. The molecule has 0 unspecified atom stereocenters. The van der Waals surface area contributed by atoms with Crippen LogP contribution >= 0.6 is 0 Å². The first kappa shape index (κ1) is 10.2. The molecule has 0 atom stereocenters. The van der Waals surface area contributed by atoms with Crippen molar-refractivity contribution >= 4 is 15.9 Å². The Morgan fingerprint density at radius 3 is 2.73 bits per heavy atom. The normalized spacial score (nSPS) is 19.1. The van der Waals surface area contributed by atoms with E-state index in [1.54, 1.807) is 25.1 Å². The first-order chi connectivity index (χ1) is 7.03. The Labute approximate surface area is 89.3 Å². The maximum atomic E-state index is 12.1. The van der Waals surface area contributed by atoms with Crippen LogP contribution in [0, 0.1) is 0 Å². The van der Waals surface area contributed by atoms with Crippen LogP contribution in [0.15, 0.2) is 34.2 Å². The van der Waals surface area contributed by atoms with Crippen LogP contribution < -0.4 is 0 Å². The van der Waals surface area contributed by atoms with Gasteiger partial charge in [-0.25, -0.2) is 8.42 Å². The van der Waals surface area contributed by atoms with Crippen LogP contribution in [-0.4, -0.2) is 25.6 Å². The lowest BCUT2D eigenvalue weighted by Crippen LogP contribution is -2.30. The van der Waals surface area contributed by atoms with Crippen LogP contribution in [-0.2, 0) is 16.6 Å². The molecule has 15 heavy (non-hydrogen) atoms. The van der Waals surface area contributed by atoms with Gasteiger partial charge < -0.3 is 0 Å². The number of aliphatic imine (C=N–C) groups is 1. The van der Waals surface area contributed by atoms with Crippen molar-refractivity contribution in [3.8, 4) is 0 Å². The van der Waals surface area contributed by atoms with Crippen molar-refractivity contribution in [2.75, 3.05) is 7.05 Å². The van der Waals surface area contributed by atoms with E-state index in [2.05, 4.69) is 4.99 Å². The third kappa shape index (κ3) is 1.52. The van der Waals surface area contributed by atoms with Crippen molar-refractivity contribution in [3.05, 3.63) is 29.8 Å². The van der Waals surface area contributed by atoms with Gasteiger partial charge in [0.25, 0.3) is 10.0 Å². The zero-order chi connectivity index (χ0) is 11.1. The zero-order valence-corrected chi connectivity index (χ0v) is 9.45. The van der Waals surface area contributed by atoms with E-state index in [0.29, 0.717) is 17.3 Å². The van der Waals surface area contributed by atoms with Crippen molar-refractivity contribution < 1.29 is 8.42 Å². The summed E-state index contributed by atoms with van der Waals surface area (Å²) in [6.45, 7) is 2.12. The number of hydrogen-bond donors (Lipinski definition) is 0. The molecule has 1 aliphatic rings. The average Bonchev–Trinajstić information content (AvgIpc) is 2.31. The Kier molecular flexibility index (Phi) is 2.26. The van der Waals surface area contributed by atoms with Crippen LogP contribution in [0.3, 0.4) is 0 Å². The number of hydrogen-bond acceptors (Lipinski definition) is 3. The molecule has 0 spiro atoms. The highest BCUT2D eigenvalue weighted by Crippen LogP contribution is 2.23. The molecule has 0 amide bonds. The lowest BCUT2D eigenvalue weighted by atomic mass is 10.2. The first-order valence-corrected chi connectivity index (χ1v) is 6.05. The molecule has 0 saturated carbocycles. The minimum Gasteiger partial charge on any atom is -0.267 e. The van der Waals surface area contributed by atoms with Crippen molar-refractivity contribution in [1.82, 2.24) is 4.31 Å². The van der Waals surface area contributed by atoms with Gasteiger partial charge in [0.15, 0.2) is 0 Å². The number of amidine groups is 1. The van der Waals surface area contributed by atoms with Gasteiger partial charge in [0.2, 0.25) is 0 Å². The summed E-state index contributed by atoms with van der Waals surface area (Å²) in [6, 6.07) is 6.97. The van der Waals surface area contributed by atoms with Crippen LogP contribution in [0.25, 0.3) is 0 Å². The molecule has 0 aliphatic carbocycles. The maximum absolute atomic E-state index is 12.1. The van der Waals surface area contributed by atoms with E-state index in [1.807, 2.05) is 6.07 Å². The highest BCUT2D eigenvalue weighted by Gasteiger charge is 2.26. The molecule has 1 aromatic carbocycles. The molecule has 2 rings (SSSR count). The van der Waals surface area contributed by atoms with Gasteiger partial charge in [-0.1, -0.05) is 18.2 Å². The molecular weight excluding hydrogens is 212 g/mol. The Morgan fingerprint density at radius 1 is 1.33 bits per heavy atom. The van der Waals surface area contributed by atoms with Gasteiger partial charge in [0, 0.05) is 7.05 Å². The smallest absolute Gasteiger partial charge is 0.265 e.